The molecule has 1 amide bonds. The van der Waals surface area contributed by atoms with Gasteiger partial charge in [0, 0.05) is 26.7 Å². The van der Waals surface area contributed by atoms with Crippen molar-refractivity contribution >= 4 is 28.7 Å². The van der Waals surface area contributed by atoms with Crippen LogP contribution in [0.25, 0.3) is 11.2 Å². The Bertz CT molecular complexity index is 1020. The molecule has 0 radical (unpaired) electrons. The maximum absolute atomic E-state index is 13.1. The van der Waals surface area contributed by atoms with E-state index in [1.165, 1.54) is 42.5 Å². The Balaban J connectivity index is 1.71. The molecule has 9 heteroatoms. The fourth-order valence-electron chi connectivity index (χ4n) is 4.72. The van der Waals surface area contributed by atoms with Gasteiger partial charge in [0.2, 0.25) is 11.2 Å². The van der Waals surface area contributed by atoms with Gasteiger partial charge in [0.15, 0.2) is 11.2 Å². The van der Waals surface area contributed by atoms with E-state index in [9.17, 15) is 14.4 Å². The Labute approximate surface area is 161 Å². The van der Waals surface area contributed by atoms with Gasteiger partial charge in [0.25, 0.3) is 5.56 Å². The quantitative estimate of drug-likeness (QED) is 0.719. The Morgan fingerprint density at radius 1 is 1.11 bits per heavy atom. The normalized spacial score (nSPS) is 22.9. The molecule has 0 N–H and O–H groups in total. The number of hydrogen-bond donors (Lipinski definition) is 0. The molecule has 27 heavy (non-hydrogen) atoms. The SMILES string of the molecule is Cn1c(=O)c2c(nc(Cl)n2CC(=O)N2CCC[C@@H]3CCCC[C@@H]32)n(C)c1=O. The highest BCUT2D eigenvalue weighted by molar-refractivity contribution is 6.29. The summed E-state index contributed by atoms with van der Waals surface area (Å²) in [5.74, 6) is 0.545. The molecule has 1 saturated heterocycles. The van der Waals surface area contributed by atoms with Crippen LogP contribution in [0.4, 0.5) is 0 Å². The lowest BCUT2D eigenvalue weighted by Crippen LogP contribution is -2.50. The van der Waals surface area contributed by atoms with Crippen LogP contribution in [-0.4, -0.2) is 42.1 Å². The van der Waals surface area contributed by atoms with E-state index in [1.807, 2.05) is 4.90 Å². The van der Waals surface area contributed by atoms with Crippen molar-refractivity contribution in [2.24, 2.45) is 20.0 Å². The molecule has 2 aromatic rings. The molecule has 2 atom stereocenters. The van der Waals surface area contributed by atoms with E-state index < -0.39 is 11.2 Å². The van der Waals surface area contributed by atoms with Crippen LogP contribution in [0.2, 0.25) is 5.28 Å². The van der Waals surface area contributed by atoms with E-state index >= 15 is 0 Å². The first-order valence-electron chi connectivity index (χ1n) is 9.51. The topological polar surface area (TPSA) is 82.1 Å². The highest BCUT2D eigenvalue weighted by Gasteiger charge is 2.36. The molecule has 0 unspecified atom stereocenters. The second kappa shape index (κ2) is 6.82. The van der Waals surface area contributed by atoms with Crippen molar-refractivity contribution in [3.8, 4) is 0 Å². The summed E-state index contributed by atoms with van der Waals surface area (Å²) < 4.78 is 3.73. The number of hydrogen-bond acceptors (Lipinski definition) is 4. The van der Waals surface area contributed by atoms with Gasteiger partial charge in [0.05, 0.1) is 0 Å². The first-order chi connectivity index (χ1) is 12.9. The molecule has 1 aliphatic heterocycles. The minimum absolute atomic E-state index is 0.0357. The molecule has 2 aromatic heterocycles. The molecule has 2 fully saturated rings. The van der Waals surface area contributed by atoms with Crippen LogP contribution in [0.1, 0.15) is 38.5 Å². The zero-order valence-corrected chi connectivity index (χ0v) is 16.4. The average molecular weight is 394 g/mol. The number of likely N-dealkylation sites (tertiary alicyclic amines) is 1. The highest BCUT2D eigenvalue weighted by Crippen LogP contribution is 2.35. The molecule has 0 spiro atoms. The smallest absolute Gasteiger partial charge is 0.332 e. The van der Waals surface area contributed by atoms with E-state index in [0.717, 1.165) is 30.4 Å². The second-order valence-corrected chi connectivity index (χ2v) is 8.02. The van der Waals surface area contributed by atoms with Gasteiger partial charge in [0.1, 0.15) is 6.54 Å². The van der Waals surface area contributed by atoms with Gasteiger partial charge in [-0.25, -0.2) is 4.79 Å². The molecule has 1 saturated carbocycles. The van der Waals surface area contributed by atoms with Crippen LogP contribution in [0.3, 0.4) is 0 Å². The van der Waals surface area contributed by atoms with E-state index in [-0.39, 0.29) is 28.9 Å². The van der Waals surface area contributed by atoms with Gasteiger partial charge < -0.3 is 4.90 Å². The standard InChI is InChI=1S/C18H24ClN5O3/c1-21-15-14(16(26)22(2)18(21)27)24(17(19)20-15)10-13(25)23-9-5-7-11-6-3-4-8-12(11)23/h11-12H,3-10H2,1-2H3/t11-,12-/m0/s1. The number of halogens is 1. The Morgan fingerprint density at radius 2 is 1.81 bits per heavy atom. The third kappa shape index (κ3) is 2.90. The second-order valence-electron chi connectivity index (χ2n) is 7.69. The van der Waals surface area contributed by atoms with Gasteiger partial charge >= 0.3 is 5.69 Å². The summed E-state index contributed by atoms with van der Waals surface area (Å²) in [6.07, 6.45) is 6.83. The minimum atomic E-state index is -0.491. The van der Waals surface area contributed by atoms with E-state index in [4.69, 9.17) is 11.6 Å². The first kappa shape index (κ1) is 18.3. The molecular weight excluding hydrogens is 370 g/mol. The summed E-state index contributed by atoms with van der Waals surface area (Å²) in [5, 5.41) is 0.0499. The Morgan fingerprint density at radius 3 is 2.59 bits per heavy atom. The van der Waals surface area contributed by atoms with Crippen molar-refractivity contribution in [1.82, 2.24) is 23.6 Å². The molecule has 0 aromatic carbocycles. The predicted molar refractivity (Wildman–Crippen MR) is 102 cm³/mol. The number of aryl methyl sites for hydroxylation is 1. The molecular formula is C18H24ClN5O3. The summed E-state index contributed by atoms with van der Waals surface area (Å²) in [6, 6.07) is 0.292. The van der Waals surface area contributed by atoms with Crippen molar-refractivity contribution in [1.29, 1.82) is 0 Å². The summed E-state index contributed by atoms with van der Waals surface area (Å²) >= 11 is 6.25. The monoisotopic (exact) mass is 393 g/mol. The first-order valence-corrected chi connectivity index (χ1v) is 9.89. The van der Waals surface area contributed by atoms with E-state index in [1.54, 1.807) is 0 Å². The lowest BCUT2D eigenvalue weighted by molar-refractivity contribution is -0.138. The summed E-state index contributed by atoms with van der Waals surface area (Å²) in [5.41, 5.74) is -0.569. The number of amides is 1. The van der Waals surface area contributed by atoms with Crippen LogP contribution < -0.4 is 11.2 Å². The molecule has 1 aliphatic carbocycles. The fraction of sp³-hybridized carbons (Fsp3) is 0.667. The van der Waals surface area contributed by atoms with Crippen LogP contribution in [0.5, 0.6) is 0 Å². The fourth-order valence-corrected chi connectivity index (χ4v) is 4.95. The molecule has 3 heterocycles. The van der Waals surface area contributed by atoms with Gasteiger partial charge in [-0.3, -0.25) is 23.3 Å². The number of carbonyl (C=O) groups is 1. The van der Waals surface area contributed by atoms with Crippen LogP contribution in [0.15, 0.2) is 9.59 Å². The molecule has 4 rings (SSSR count). The van der Waals surface area contributed by atoms with Gasteiger partial charge in [-0.05, 0) is 43.2 Å². The molecule has 0 bridgehead atoms. The van der Waals surface area contributed by atoms with Crippen LogP contribution in [-0.2, 0) is 25.4 Å². The number of fused-ring (bicyclic) bond motifs is 2. The summed E-state index contributed by atoms with van der Waals surface area (Å²) in [6.45, 7) is 0.715. The lowest BCUT2D eigenvalue weighted by Gasteiger charge is -2.44. The van der Waals surface area contributed by atoms with Crippen molar-refractivity contribution in [3.05, 3.63) is 26.1 Å². The zero-order valence-electron chi connectivity index (χ0n) is 15.7. The van der Waals surface area contributed by atoms with Crippen molar-refractivity contribution in [2.75, 3.05) is 6.54 Å². The number of aromatic nitrogens is 4. The largest absolute Gasteiger partial charge is 0.338 e. The number of rotatable bonds is 2. The van der Waals surface area contributed by atoms with E-state index in [2.05, 4.69) is 4.98 Å². The van der Waals surface area contributed by atoms with Crippen molar-refractivity contribution < 1.29 is 4.79 Å². The molecule has 8 nitrogen and oxygen atoms in total. The van der Waals surface area contributed by atoms with Crippen LogP contribution >= 0.6 is 11.6 Å². The summed E-state index contributed by atoms with van der Waals surface area (Å²) in [4.78, 5) is 44.0. The number of imidazole rings is 1. The maximum Gasteiger partial charge on any atom is 0.332 e. The molecule has 2 aliphatic rings. The zero-order chi connectivity index (χ0) is 19.3. The number of carbonyl (C=O) groups excluding carboxylic acids is 1. The number of piperidine rings is 1. The summed E-state index contributed by atoms with van der Waals surface area (Å²) in [7, 11) is 2.95. The maximum atomic E-state index is 13.1. The van der Waals surface area contributed by atoms with E-state index in [0.29, 0.717) is 12.0 Å². The minimum Gasteiger partial charge on any atom is -0.338 e. The van der Waals surface area contributed by atoms with Gasteiger partial charge in [-0.15, -0.1) is 0 Å². The Hall–Kier alpha value is -2.09. The third-order valence-corrected chi connectivity index (χ3v) is 6.45. The average Bonchev–Trinajstić information content (AvgIpc) is 3.00. The molecule has 146 valence electrons. The van der Waals surface area contributed by atoms with Crippen molar-refractivity contribution in [2.45, 2.75) is 51.1 Å². The predicted octanol–water partition coefficient (Wildman–Crippen LogP) is 1.27. The van der Waals surface area contributed by atoms with Gasteiger partial charge in [-0.1, -0.05) is 12.8 Å². The number of nitrogens with zero attached hydrogens (tertiary/aromatic N) is 5. The third-order valence-electron chi connectivity index (χ3n) is 6.16. The van der Waals surface area contributed by atoms with Gasteiger partial charge in [-0.2, -0.15) is 4.98 Å². The Kier molecular flexibility index (Phi) is 4.61. The van der Waals surface area contributed by atoms with Crippen LogP contribution in [0, 0.1) is 5.92 Å². The highest BCUT2D eigenvalue weighted by atomic mass is 35.5. The van der Waals surface area contributed by atoms with Crippen molar-refractivity contribution in [3.63, 3.8) is 0 Å². The lowest BCUT2D eigenvalue weighted by atomic mass is 9.78.